The number of hydrogen-bond acceptors (Lipinski definition) is 5. The Balaban J connectivity index is 2.05. The number of unbranched alkanes of at least 4 members (excludes halogenated alkanes) is 1. The highest BCUT2D eigenvalue weighted by Crippen LogP contribution is 2.27. The molecule has 7 heteroatoms. The number of carbonyl (C=O) groups excluding carboxylic acids is 1. The molecule has 0 spiro atoms. The molecule has 0 aromatic heterocycles. The number of aliphatic hydroxyl groups excluding tert-OH is 1. The van der Waals surface area contributed by atoms with Crippen LogP contribution in [0, 0.1) is 0 Å². The van der Waals surface area contributed by atoms with E-state index in [-0.39, 0.29) is 13.2 Å². The van der Waals surface area contributed by atoms with Crippen molar-refractivity contribution in [3.63, 3.8) is 0 Å². The summed E-state index contributed by atoms with van der Waals surface area (Å²) >= 11 is 0. The number of carbonyl (C=O) groups is 2. The van der Waals surface area contributed by atoms with Gasteiger partial charge in [-0.2, -0.15) is 0 Å². The van der Waals surface area contributed by atoms with Gasteiger partial charge >= 0.3 is 12.1 Å². The van der Waals surface area contributed by atoms with Crippen LogP contribution in [0.25, 0.3) is 0 Å². The van der Waals surface area contributed by atoms with Crippen LogP contribution >= 0.6 is 0 Å². The molecule has 0 heterocycles. The van der Waals surface area contributed by atoms with E-state index in [0.29, 0.717) is 30.7 Å². The van der Waals surface area contributed by atoms with E-state index in [1.807, 2.05) is 24.3 Å². The maximum atomic E-state index is 12.3. The summed E-state index contributed by atoms with van der Waals surface area (Å²) in [4.78, 5) is 22.9. The molecule has 0 unspecified atom stereocenters. The maximum Gasteiger partial charge on any atom is 0.412 e. The lowest BCUT2D eigenvalue weighted by Crippen LogP contribution is -2.17. The number of rotatable bonds is 11. The van der Waals surface area contributed by atoms with Crippen LogP contribution in [0.5, 0.6) is 5.75 Å². The zero-order chi connectivity index (χ0) is 20.9. The van der Waals surface area contributed by atoms with Gasteiger partial charge in [-0.3, -0.25) is 5.32 Å². The van der Waals surface area contributed by atoms with Crippen LogP contribution in [-0.4, -0.2) is 35.5 Å². The van der Waals surface area contributed by atoms with Crippen molar-refractivity contribution in [1.82, 2.24) is 0 Å². The lowest BCUT2D eigenvalue weighted by Gasteiger charge is -2.19. The first-order valence-electron chi connectivity index (χ1n) is 9.34. The van der Waals surface area contributed by atoms with Gasteiger partial charge in [0.2, 0.25) is 0 Å². The molecule has 1 amide bonds. The normalized spacial score (nSPS) is 11.8. The highest BCUT2D eigenvalue weighted by molar-refractivity contribution is 5.84. The van der Waals surface area contributed by atoms with Gasteiger partial charge in [0, 0.05) is 11.8 Å². The summed E-state index contributed by atoms with van der Waals surface area (Å²) in [6.45, 7) is 0.0724. The van der Waals surface area contributed by atoms with E-state index in [1.165, 1.54) is 0 Å². The second-order valence-corrected chi connectivity index (χ2v) is 6.20. The Morgan fingerprint density at radius 2 is 1.90 bits per heavy atom. The lowest BCUT2D eigenvalue weighted by molar-refractivity contribution is -0.131. The van der Waals surface area contributed by atoms with Gasteiger partial charge in [0.05, 0.1) is 6.61 Å². The van der Waals surface area contributed by atoms with Gasteiger partial charge in [0.1, 0.15) is 18.5 Å². The molecule has 7 nitrogen and oxygen atoms in total. The number of para-hydroxylation sites is 1. The number of nitrogens with one attached hydrogen (secondary N) is 1. The van der Waals surface area contributed by atoms with Crippen molar-refractivity contribution in [2.24, 2.45) is 0 Å². The molecule has 2 rings (SSSR count). The van der Waals surface area contributed by atoms with Gasteiger partial charge in [-0.25, -0.2) is 9.59 Å². The third kappa shape index (κ3) is 8.49. The average molecular weight is 399 g/mol. The average Bonchev–Trinajstić information content (AvgIpc) is 2.72. The summed E-state index contributed by atoms with van der Waals surface area (Å²) in [5.41, 5.74) is 1.38. The molecule has 0 aliphatic rings. The number of aliphatic hydroxyl groups is 1. The monoisotopic (exact) mass is 399 g/mol. The lowest BCUT2D eigenvalue weighted by atomic mass is 10.0. The molecule has 2 aromatic carbocycles. The van der Waals surface area contributed by atoms with E-state index in [2.05, 4.69) is 5.32 Å². The van der Waals surface area contributed by atoms with Gasteiger partial charge in [0.25, 0.3) is 0 Å². The fourth-order valence-electron chi connectivity index (χ4n) is 2.66. The first kappa shape index (κ1) is 22.0. The number of allylic oxidation sites excluding steroid dienone is 1. The number of carboxylic acid groups (broad SMARTS) is 1. The molecule has 0 aliphatic carbocycles. The second-order valence-electron chi connectivity index (χ2n) is 6.20. The maximum absolute atomic E-state index is 12.3. The summed E-state index contributed by atoms with van der Waals surface area (Å²) in [6, 6.07) is 16.1. The Labute approximate surface area is 169 Å². The second kappa shape index (κ2) is 12.2. The zero-order valence-electron chi connectivity index (χ0n) is 16.0. The van der Waals surface area contributed by atoms with E-state index in [9.17, 15) is 9.59 Å². The van der Waals surface area contributed by atoms with Crippen LogP contribution in [0.2, 0.25) is 0 Å². The topological polar surface area (TPSA) is 105 Å². The van der Waals surface area contributed by atoms with Gasteiger partial charge in [-0.05, 0) is 49.1 Å². The third-order valence-electron chi connectivity index (χ3n) is 3.96. The molecular formula is C22H25NO6. The van der Waals surface area contributed by atoms with E-state index < -0.39 is 18.2 Å². The quantitative estimate of drug-likeness (QED) is 0.387. The van der Waals surface area contributed by atoms with Crippen molar-refractivity contribution < 1.29 is 29.3 Å². The van der Waals surface area contributed by atoms with Crippen molar-refractivity contribution in [2.45, 2.75) is 25.4 Å². The third-order valence-corrected chi connectivity index (χ3v) is 3.96. The fraction of sp³-hybridized carbons (Fsp3) is 0.273. The van der Waals surface area contributed by atoms with Crippen LogP contribution < -0.4 is 10.1 Å². The summed E-state index contributed by atoms with van der Waals surface area (Å²) in [5.74, 6) is -0.423. The van der Waals surface area contributed by atoms with Crippen molar-refractivity contribution in [1.29, 1.82) is 0 Å². The minimum atomic E-state index is -0.992. The molecule has 0 aliphatic heterocycles. The number of anilines is 1. The van der Waals surface area contributed by atoms with Gasteiger partial charge in [0.15, 0.2) is 0 Å². The van der Waals surface area contributed by atoms with Crippen LogP contribution in [0.1, 0.15) is 30.9 Å². The van der Waals surface area contributed by atoms with Crippen LogP contribution in [0.4, 0.5) is 10.5 Å². The van der Waals surface area contributed by atoms with Crippen LogP contribution in [-0.2, 0) is 9.53 Å². The Bertz CT molecular complexity index is 806. The molecule has 154 valence electrons. The number of ether oxygens (including phenoxy) is 2. The number of amides is 1. The summed E-state index contributed by atoms with van der Waals surface area (Å²) in [7, 11) is 0. The molecule has 1 atom stereocenters. The largest absolute Gasteiger partial charge is 0.491 e. The standard InChI is InChI=1S/C22H25NO6/c24-14-15-28-19-11-7-8-17(16-19)20(12-5-2-6-13-21(25)26)29-22(27)23-18-9-3-1-4-10-18/h1,3-4,6-11,13,16,20,24H,2,5,12,14-15H2,(H,23,27)(H,25,26)/b13-6+/t20-/m0/s1. The summed E-state index contributed by atoms with van der Waals surface area (Å²) in [6.07, 6.45) is 3.25. The number of benzene rings is 2. The minimum absolute atomic E-state index is 0.0977. The van der Waals surface area contributed by atoms with E-state index in [4.69, 9.17) is 19.7 Å². The molecule has 0 fully saturated rings. The zero-order valence-corrected chi connectivity index (χ0v) is 16.0. The summed E-state index contributed by atoms with van der Waals surface area (Å²) in [5, 5.41) is 20.3. The highest BCUT2D eigenvalue weighted by Gasteiger charge is 2.17. The first-order valence-corrected chi connectivity index (χ1v) is 9.34. The van der Waals surface area contributed by atoms with E-state index in [0.717, 1.165) is 11.6 Å². The smallest absolute Gasteiger partial charge is 0.412 e. The molecule has 0 saturated heterocycles. The molecule has 0 radical (unpaired) electrons. The number of carboxylic acids is 1. The van der Waals surface area contributed by atoms with Gasteiger partial charge in [-0.15, -0.1) is 0 Å². The molecule has 2 aromatic rings. The molecule has 0 saturated carbocycles. The van der Waals surface area contributed by atoms with Crippen LogP contribution in [0.3, 0.4) is 0 Å². The fourth-order valence-corrected chi connectivity index (χ4v) is 2.66. The van der Waals surface area contributed by atoms with Crippen molar-refractivity contribution in [3.05, 3.63) is 72.3 Å². The predicted molar refractivity (Wildman–Crippen MR) is 109 cm³/mol. The Morgan fingerprint density at radius 1 is 1.10 bits per heavy atom. The minimum Gasteiger partial charge on any atom is -0.491 e. The van der Waals surface area contributed by atoms with Crippen molar-refractivity contribution in [3.8, 4) is 5.75 Å². The van der Waals surface area contributed by atoms with Crippen LogP contribution in [0.15, 0.2) is 66.7 Å². The molecule has 0 bridgehead atoms. The predicted octanol–water partition coefficient (Wildman–Crippen LogP) is 4.16. The summed E-state index contributed by atoms with van der Waals surface area (Å²) < 4.78 is 11.1. The molecular weight excluding hydrogens is 374 g/mol. The van der Waals surface area contributed by atoms with Crippen molar-refractivity contribution >= 4 is 17.7 Å². The highest BCUT2D eigenvalue weighted by atomic mass is 16.6. The first-order chi connectivity index (χ1) is 14.1. The number of hydrogen-bond donors (Lipinski definition) is 3. The van der Waals surface area contributed by atoms with Gasteiger partial charge in [-0.1, -0.05) is 36.4 Å². The Morgan fingerprint density at radius 3 is 2.62 bits per heavy atom. The van der Waals surface area contributed by atoms with E-state index >= 15 is 0 Å². The van der Waals surface area contributed by atoms with Crippen molar-refractivity contribution in [2.75, 3.05) is 18.5 Å². The Kier molecular flexibility index (Phi) is 9.24. The molecule has 29 heavy (non-hydrogen) atoms. The molecule has 3 N–H and O–H groups in total. The number of aliphatic carboxylic acids is 1. The SMILES string of the molecule is O=C(O)/C=C/CCC[C@H](OC(=O)Nc1ccccc1)c1cccc(OCCO)c1. The van der Waals surface area contributed by atoms with E-state index in [1.54, 1.807) is 36.4 Å². The Hall–Kier alpha value is -3.32. The van der Waals surface area contributed by atoms with Gasteiger partial charge < -0.3 is 19.7 Å².